The zero-order valence-electron chi connectivity index (χ0n) is 31.7. The Morgan fingerprint density at radius 3 is 1.41 bits per heavy atom. The standard InChI is InChI=1S/C56H37NS/c1-3-12-38(13-4-1)43-24-26-46-37-44(25-27-45(46)36-43)39-28-32-47(33-29-39)57(52-21-11-23-54-56(52)51-18-7-8-22-53(51)58-54)48-34-30-41(31-35-48)50-20-10-17-42-16-9-19-49(55(42)50)40-14-5-2-6-15-40/h1-37H. The molecule has 0 fully saturated rings. The van der Waals surface area contributed by atoms with Gasteiger partial charge >= 0.3 is 0 Å². The van der Waals surface area contributed by atoms with Gasteiger partial charge in [-0.2, -0.15) is 0 Å². The molecule has 1 nitrogen and oxygen atoms in total. The van der Waals surface area contributed by atoms with Crippen molar-refractivity contribution in [3.63, 3.8) is 0 Å². The molecule has 0 bridgehead atoms. The lowest BCUT2D eigenvalue weighted by Crippen LogP contribution is -2.10. The second kappa shape index (κ2) is 14.4. The van der Waals surface area contributed by atoms with Crippen molar-refractivity contribution in [1.82, 2.24) is 0 Å². The molecule has 0 aliphatic heterocycles. The van der Waals surface area contributed by atoms with Crippen molar-refractivity contribution in [1.29, 1.82) is 0 Å². The summed E-state index contributed by atoms with van der Waals surface area (Å²) in [6.45, 7) is 0. The van der Waals surface area contributed by atoms with E-state index in [0.717, 1.165) is 11.4 Å². The average molecular weight is 756 g/mol. The summed E-state index contributed by atoms with van der Waals surface area (Å²) in [4.78, 5) is 2.43. The number of fused-ring (bicyclic) bond motifs is 5. The lowest BCUT2D eigenvalue weighted by molar-refractivity contribution is 1.30. The minimum Gasteiger partial charge on any atom is -0.310 e. The van der Waals surface area contributed by atoms with Gasteiger partial charge in [-0.05, 0) is 121 Å². The van der Waals surface area contributed by atoms with E-state index in [-0.39, 0.29) is 0 Å². The minimum absolute atomic E-state index is 1.11. The van der Waals surface area contributed by atoms with Crippen LogP contribution in [0.1, 0.15) is 0 Å². The summed E-state index contributed by atoms with van der Waals surface area (Å²) < 4.78 is 2.58. The summed E-state index contributed by atoms with van der Waals surface area (Å²) in [5.74, 6) is 0. The molecular weight excluding hydrogens is 719 g/mol. The van der Waals surface area contributed by atoms with Gasteiger partial charge in [-0.3, -0.25) is 0 Å². The Morgan fingerprint density at radius 1 is 0.293 bits per heavy atom. The van der Waals surface area contributed by atoms with Crippen molar-refractivity contribution in [3.05, 3.63) is 224 Å². The number of hydrogen-bond donors (Lipinski definition) is 0. The predicted molar refractivity (Wildman–Crippen MR) is 251 cm³/mol. The van der Waals surface area contributed by atoms with Crippen LogP contribution in [0.2, 0.25) is 0 Å². The summed E-state index contributed by atoms with van der Waals surface area (Å²) in [5, 5.41) is 7.56. The van der Waals surface area contributed by atoms with E-state index in [2.05, 4.69) is 229 Å². The van der Waals surface area contributed by atoms with Crippen molar-refractivity contribution in [2.45, 2.75) is 0 Å². The second-order valence-electron chi connectivity index (χ2n) is 14.9. The SMILES string of the molecule is c1ccc(-c2ccc3cc(-c4ccc(N(c5ccc(-c6cccc7cccc(-c8ccccc8)c67)cc5)c5cccc6sc7ccccc7c56)cc4)ccc3c2)cc1. The van der Waals surface area contributed by atoms with Crippen LogP contribution in [-0.2, 0) is 0 Å². The lowest BCUT2D eigenvalue weighted by Gasteiger charge is -2.27. The third-order valence-electron chi connectivity index (χ3n) is 11.5. The predicted octanol–water partition coefficient (Wildman–Crippen LogP) is 16.5. The van der Waals surface area contributed by atoms with Gasteiger partial charge in [0.2, 0.25) is 0 Å². The van der Waals surface area contributed by atoms with Crippen LogP contribution in [0.4, 0.5) is 17.1 Å². The molecule has 0 saturated heterocycles. The molecule has 272 valence electrons. The highest BCUT2D eigenvalue weighted by Crippen LogP contribution is 2.46. The molecule has 0 amide bonds. The molecule has 0 saturated carbocycles. The normalized spacial score (nSPS) is 11.4. The number of benzene rings is 10. The van der Waals surface area contributed by atoms with Crippen LogP contribution in [0.15, 0.2) is 224 Å². The number of anilines is 3. The average Bonchev–Trinajstić information content (AvgIpc) is 3.69. The monoisotopic (exact) mass is 755 g/mol. The van der Waals surface area contributed by atoms with Gasteiger partial charge in [0.05, 0.1) is 5.69 Å². The Kier molecular flexibility index (Phi) is 8.42. The number of nitrogens with zero attached hydrogens (tertiary/aromatic N) is 1. The summed E-state index contributed by atoms with van der Waals surface area (Å²) in [5.41, 5.74) is 13.2. The van der Waals surface area contributed by atoms with Crippen LogP contribution in [0, 0.1) is 0 Å². The number of thiophene rings is 1. The summed E-state index contributed by atoms with van der Waals surface area (Å²) >= 11 is 1.86. The third kappa shape index (κ3) is 6.03. The first-order chi connectivity index (χ1) is 28.7. The quantitative estimate of drug-likeness (QED) is 0.157. The van der Waals surface area contributed by atoms with Crippen LogP contribution in [0.5, 0.6) is 0 Å². The van der Waals surface area contributed by atoms with Crippen molar-refractivity contribution >= 4 is 70.1 Å². The lowest BCUT2D eigenvalue weighted by atomic mass is 9.91. The van der Waals surface area contributed by atoms with Crippen molar-refractivity contribution < 1.29 is 0 Å². The van der Waals surface area contributed by atoms with Gasteiger partial charge in [-0.15, -0.1) is 11.3 Å². The number of hydrogen-bond acceptors (Lipinski definition) is 2. The first-order valence-electron chi connectivity index (χ1n) is 19.8. The summed E-state index contributed by atoms with van der Waals surface area (Å²) in [6.07, 6.45) is 0. The molecule has 11 aromatic rings. The summed E-state index contributed by atoms with van der Waals surface area (Å²) in [6, 6.07) is 81.9. The fourth-order valence-corrected chi connectivity index (χ4v) is 9.76. The van der Waals surface area contributed by atoms with Crippen LogP contribution < -0.4 is 4.90 Å². The Labute approximate surface area is 342 Å². The molecule has 1 heterocycles. The molecule has 58 heavy (non-hydrogen) atoms. The van der Waals surface area contributed by atoms with Crippen LogP contribution in [-0.4, -0.2) is 0 Å². The van der Waals surface area contributed by atoms with Gasteiger partial charge in [0.25, 0.3) is 0 Å². The molecule has 11 rings (SSSR count). The van der Waals surface area contributed by atoms with E-state index in [1.54, 1.807) is 0 Å². The van der Waals surface area contributed by atoms with E-state index in [0.29, 0.717) is 0 Å². The topological polar surface area (TPSA) is 3.24 Å². The van der Waals surface area contributed by atoms with Crippen molar-refractivity contribution in [3.8, 4) is 44.5 Å². The minimum atomic E-state index is 1.11. The van der Waals surface area contributed by atoms with E-state index in [1.165, 1.54) is 91.9 Å². The molecule has 10 aromatic carbocycles. The maximum atomic E-state index is 2.43. The van der Waals surface area contributed by atoms with E-state index < -0.39 is 0 Å². The maximum Gasteiger partial charge on any atom is 0.0554 e. The zero-order chi connectivity index (χ0) is 38.4. The van der Waals surface area contributed by atoms with Crippen molar-refractivity contribution in [2.24, 2.45) is 0 Å². The first kappa shape index (κ1) is 34.0. The van der Waals surface area contributed by atoms with E-state index in [4.69, 9.17) is 0 Å². The van der Waals surface area contributed by atoms with E-state index in [1.807, 2.05) is 11.3 Å². The smallest absolute Gasteiger partial charge is 0.0554 e. The molecule has 0 spiro atoms. The molecule has 1 aromatic heterocycles. The van der Waals surface area contributed by atoms with Crippen molar-refractivity contribution in [2.75, 3.05) is 4.90 Å². The highest BCUT2D eigenvalue weighted by Gasteiger charge is 2.19. The molecule has 0 aliphatic carbocycles. The maximum absolute atomic E-state index is 2.43. The van der Waals surface area contributed by atoms with Crippen LogP contribution in [0.3, 0.4) is 0 Å². The second-order valence-corrected chi connectivity index (χ2v) is 16.0. The van der Waals surface area contributed by atoms with E-state index in [9.17, 15) is 0 Å². The fourth-order valence-electron chi connectivity index (χ4n) is 8.64. The van der Waals surface area contributed by atoms with Gasteiger partial charge < -0.3 is 4.90 Å². The molecular formula is C56H37NS. The fraction of sp³-hybridized carbons (Fsp3) is 0. The Morgan fingerprint density at radius 2 is 0.776 bits per heavy atom. The molecule has 0 radical (unpaired) electrons. The Bertz CT molecular complexity index is 3250. The van der Waals surface area contributed by atoms with Gasteiger partial charge in [0.1, 0.15) is 0 Å². The van der Waals surface area contributed by atoms with Gasteiger partial charge in [0.15, 0.2) is 0 Å². The number of rotatable bonds is 7. The Balaban J connectivity index is 1.01. The summed E-state index contributed by atoms with van der Waals surface area (Å²) in [7, 11) is 0. The Hall–Kier alpha value is -7.26. The van der Waals surface area contributed by atoms with Gasteiger partial charge in [-0.25, -0.2) is 0 Å². The first-order valence-corrected chi connectivity index (χ1v) is 20.6. The third-order valence-corrected chi connectivity index (χ3v) is 12.6. The highest BCUT2D eigenvalue weighted by atomic mass is 32.1. The van der Waals surface area contributed by atoms with E-state index >= 15 is 0 Å². The molecule has 0 atom stereocenters. The molecule has 0 unspecified atom stereocenters. The highest BCUT2D eigenvalue weighted by molar-refractivity contribution is 7.26. The zero-order valence-corrected chi connectivity index (χ0v) is 32.5. The van der Waals surface area contributed by atoms with Crippen LogP contribution in [0.25, 0.3) is 86.2 Å². The largest absolute Gasteiger partial charge is 0.310 e. The molecule has 2 heteroatoms. The molecule has 0 aliphatic rings. The van der Waals surface area contributed by atoms with Gasteiger partial charge in [-0.1, -0.05) is 170 Å². The molecule has 0 N–H and O–H groups in total. The van der Waals surface area contributed by atoms with Crippen LogP contribution >= 0.6 is 11.3 Å². The van der Waals surface area contributed by atoms with Gasteiger partial charge in [0, 0.05) is 31.5 Å².